The van der Waals surface area contributed by atoms with Crippen molar-refractivity contribution in [2.75, 3.05) is 11.9 Å². The molecule has 6 nitrogen and oxygen atoms in total. The average molecular weight is 387 g/mol. The predicted molar refractivity (Wildman–Crippen MR) is 102 cm³/mol. The Morgan fingerprint density at radius 2 is 1.96 bits per heavy atom. The molecule has 0 aromatic heterocycles. The molecule has 28 heavy (non-hydrogen) atoms. The summed E-state index contributed by atoms with van der Waals surface area (Å²) in [6.45, 7) is 6.45. The largest absolute Gasteiger partial charge is 0.324 e. The fraction of sp³-hybridized carbons (Fsp3) is 0.571. The van der Waals surface area contributed by atoms with Gasteiger partial charge in [-0.05, 0) is 37.0 Å². The smallest absolute Gasteiger partial charge is 0.250 e. The number of carbonyl (C=O) groups is 3. The molecular formula is C21H26FN3O3. The van der Waals surface area contributed by atoms with E-state index >= 15 is 0 Å². The Kier molecular flexibility index (Phi) is 4.53. The molecule has 3 aliphatic heterocycles. The molecule has 3 aliphatic rings. The second kappa shape index (κ2) is 6.65. The van der Waals surface area contributed by atoms with Crippen molar-refractivity contribution in [3.8, 4) is 0 Å². The molecule has 0 saturated carbocycles. The van der Waals surface area contributed by atoms with Gasteiger partial charge in [0, 0.05) is 23.8 Å². The number of unbranched alkanes of at least 4 members (excludes halogenated alkanes) is 1. The molecule has 1 spiro atoms. The van der Waals surface area contributed by atoms with E-state index < -0.39 is 23.2 Å². The van der Waals surface area contributed by atoms with Crippen molar-refractivity contribution in [1.29, 1.82) is 0 Å². The lowest BCUT2D eigenvalue weighted by Gasteiger charge is -2.29. The zero-order valence-corrected chi connectivity index (χ0v) is 16.4. The van der Waals surface area contributed by atoms with E-state index in [1.54, 1.807) is 0 Å². The van der Waals surface area contributed by atoms with Gasteiger partial charge in [0.1, 0.15) is 11.4 Å². The van der Waals surface area contributed by atoms with Crippen LogP contribution < -0.4 is 10.6 Å². The molecule has 2 N–H and O–H groups in total. The summed E-state index contributed by atoms with van der Waals surface area (Å²) in [5.74, 6) is -2.56. The van der Waals surface area contributed by atoms with Gasteiger partial charge in [-0.2, -0.15) is 0 Å². The number of carbonyl (C=O) groups excluding carboxylic acids is 3. The Labute approximate surface area is 163 Å². The summed E-state index contributed by atoms with van der Waals surface area (Å²) < 4.78 is 14.1. The van der Waals surface area contributed by atoms with Crippen LogP contribution in [0.25, 0.3) is 0 Å². The minimum absolute atomic E-state index is 0.212. The molecular weight excluding hydrogens is 361 g/mol. The maximum atomic E-state index is 14.1. The number of likely N-dealkylation sites (tertiary alicyclic amines) is 1. The van der Waals surface area contributed by atoms with Crippen LogP contribution >= 0.6 is 0 Å². The molecule has 3 amide bonds. The highest BCUT2D eigenvalue weighted by molar-refractivity contribution is 6.15. The topological polar surface area (TPSA) is 78.5 Å². The predicted octanol–water partition coefficient (Wildman–Crippen LogP) is 2.39. The third kappa shape index (κ3) is 2.52. The quantitative estimate of drug-likeness (QED) is 0.761. The van der Waals surface area contributed by atoms with Crippen LogP contribution in [0.3, 0.4) is 0 Å². The first-order valence-electron chi connectivity index (χ1n) is 10.1. The molecule has 2 saturated heterocycles. The van der Waals surface area contributed by atoms with Gasteiger partial charge in [-0.25, -0.2) is 4.39 Å². The summed E-state index contributed by atoms with van der Waals surface area (Å²) in [5.41, 5.74) is -0.470. The van der Waals surface area contributed by atoms with E-state index in [9.17, 15) is 18.8 Å². The van der Waals surface area contributed by atoms with Crippen molar-refractivity contribution in [3.63, 3.8) is 0 Å². The van der Waals surface area contributed by atoms with Crippen LogP contribution in [-0.2, 0) is 19.9 Å². The van der Waals surface area contributed by atoms with E-state index in [1.165, 1.54) is 23.1 Å². The van der Waals surface area contributed by atoms with E-state index in [0.29, 0.717) is 24.2 Å². The second-order valence-corrected chi connectivity index (χ2v) is 8.52. The number of nitrogens with one attached hydrogen (secondary N) is 2. The maximum absolute atomic E-state index is 14.1. The molecule has 0 radical (unpaired) electrons. The first kappa shape index (κ1) is 19.1. The van der Waals surface area contributed by atoms with E-state index in [2.05, 4.69) is 10.6 Å². The van der Waals surface area contributed by atoms with Crippen LogP contribution in [0.5, 0.6) is 0 Å². The van der Waals surface area contributed by atoms with Crippen LogP contribution in [0.4, 0.5) is 10.1 Å². The van der Waals surface area contributed by atoms with Crippen molar-refractivity contribution in [2.24, 2.45) is 17.8 Å². The van der Waals surface area contributed by atoms with Crippen LogP contribution in [0.15, 0.2) is 18.2 Å². The Bertz CT molecular complexity index is 855. The normalized spacial score (nSPS) is 31.1. The highest BCUT2D eigenvalue weighted by Gasteiger charge is 2.70. The summed E-state index contributed by atoms with van der Waals surface area (Å²) in [7, 11) is 0. The summed E-state index contributed by atoms with van der Waals surface area (Å²) in [5, 5.41) is 6.11. The number of imide groups is 1. The summed E-state index contributed by atoms with van der Waals surface area (Å²) in [6, 6.07) is 3.79. The first-order valence-corrected chi connectivity index (χ1v) is 10.1. The molecule has 0 bridgehead atoms. The van der Waals surface area contributed by atoms with Gasteiger partial charge in [-0.1, -0.05) is 27.2 Å². The Hall–Kier alpha value is -2.28. The average Bonchev–Trinajstić information content (AvgIpc) is 3.19. The van der Waals surface area contributed by atoms with E-state index in [0.717, 1.165) is 12.8 Å². The molecule has 0 aliphatic carbocycles. The summed E-state index contributed by atoms with van der Waals surface area (Å²) in [6.07, 6.45) is 2.24. The molecule has 2 fully saturated rings. The van der Waals surface area contributed by atoms with Crippen molar-refractivity contribution < 1.29 is 18.8 Å². The van der Waals surface area contributed by atoms with Gasteiger partial charge >= 0.3 is 0 Å². The first-order chi connectivity index (χ1) is 13.3. The lowest BCUT2D eigenvalue weighted by atomic mass is 9.76. The van der Waals surface area contributed by atoms with Crippen molar-refractivity contribution in [2.45, 2.75) is 51.6 Å². The number of rotatable bonds is 5. The number of hydrogen-bond donors (Lipinski definition) is 2. The van der Waals surface area contributed by atoms with E-state index in [4.69, 9.17) is 0 Å². The van der Waals surface area contributed by atoms with Crippen LogP contribution in [0.2, 0.25) is 0 Å². The summed E-state index contributed by atoms with van der Waals surface area (Å²) in [4.78, 5) is 41.0. The van der Waals surface area contributed by atoms with E-state index in [-0.39, 0.29) is 29.7 Å². The monoisotopic (exact) mass is 387 g/mol. The minimum atomic E-state index is -1.39. The maximum Gasteiger partial charge on any atom is 0.250 e. The number of halogens is 1. The van der Waals surface area contributed by atoms with Crippen molar-refractivity contribution in [1.82, 2.24) is 10.2 Å². The third-order valence-corrected chi connectivity index (χ3v) is 6.23. The van der Waals surface area contributed by atoms with Crippen LogP contribution in [0.1, 0.15) is 45.6 Å². The molecule has 1 aromatic rings. The van der Waals surface area contributed by atoms with Gasteiger partial charge in [-0.3, -0.25) is 24.6 Å². The van der Waals surface area contributed by atoms with Gasteiger partial charge in [0.25, 0.3) is 0 Å². The molecule has 4 atom stereocenters. The Morgan fingerprint density at radius 1 is 1.21 bits per heavy atom. The SMILES string of the molecule is CCCCN1C(=O)[C@H]2C(CC(C)C)NC3(C(=O)Nc4ccc(F)cc43)[C@H]2C1=O. The van der Waals surface area contributed by atoms with Crippen molar-refractivity contribution in [3.05, 3.63) is 29.6 Å². The standard InChI is InChI=1S/C21H26FN3O3/c1-4-5-8-25-18(26)16-15(9-11(2)3)24-21(17(16)19(25)27)13-10-12(22)6-7-14(13)23-20(21)28/h6-7,10-11,15-17,24H,4-5,8-9H2,1-3H3,(H,23,28)/t15?,16-,17+,21?/m0/s1. The number of amides is 3. The number of nitrogens with zero attached hydrogens (tertiary/aromatic N) is 1. The lowest BCUT2D eigenvalue weighted by molar-refractivity contribution is -0.142. The zero-order valence-electron chi connectivity index (χ0n) is 16.4. The van der Waals surface area contributed by atoms with Gasteiger partial charge < -0.3 is 5.32 Å². The molecule has 150 valence electrons. The van der Waals surface area contributed by atoms with Gasteiger partial charge in [0.15, 0.2) is 0 Å². The lowest BCUT2D eigenvalue weighted by Crippen LogP contribution is -2.53. The third-order valence-electron chi connectivity index (χ3n) is 6.23. The molecule has 4 rings (SSSR count). The number of benzene rings is 1. The number of fused-ring (bicyclic) bond motifs is 4. The molecule has 2 unspecified atom stereocenters. The zero-order chi connectivity index (χ0) is 20.2. The summed E-state index contributed by atoms with van der Waals surface area (Å²) >= 11 is 0. The number of hydrogen-bond acceptors (Lipinski definition) is 4. The molecule has 3 heterocycles. The fourth-order valence-electron chi connectivity index (χ4n) is 5.08. The van der Waals surface area contributed by atoms with Gasteiger partial charge in [0.05, 0.1) is 11.8 Å². The fourth-order valence-corrected chi connectivity index (χ4v) is 5.08. The van der Waals surface area contributed by atoms with Crippen LogP contribution in [-0.4, -0.2) is 35.2 Å². The minimum Gasteiger partial charge on any atom is -0.324 e. The Morgan fingerprint density at radius 3 is 2.64 bits per heavy atom. The highest BCUT2D eigenvalue weighted by atomic mass is 19.1. The Balaban J connectivity index is 1.84. The highest BCUT2D eigenvalue weighted by Crippen LogP contribution is 2.53. The number of anilines is 1. The second-order valence-electron chi connectivity index (χ2n) is 8.52. The van der Waals surface area contributed by atoms with E-state index in [1.807, 2.05) is 20.8 Å². The van der Waals surface area contributed by atoms with Gasteiger partial charge in [0.2, 0.25) is 17.7 Å². The van der Waals surface area contributed by atoms with Gasteiger partial charge in [-0.15, -0.1) is 0 Å². The molecule has 1 aromatic carbocycles. The molecule has 7 heteroatoms. The van der Waals surface area contributed by atoms with Crippen LogP contribution in [0, 0.1) is 23.6 Å². The van der Waals surface area contributed by atoms with Crippen molar-refractivity contribution >= 4 is 23.4 Å².